The number of methoxy groups -OCH3 is 1. The molecule has 0 radical (unpaired) electrons. The minimum atomic E-state index is -0.255. The van der Waals surface area contributed by atoms with Gasteiger partial charge in [-0.05, 0) is 28.8 Å². The van der Waals surface area contributed by atoms with E-state index in [-0.39, 0.29) is 15.7 Å². The fourth-order valence-corrected chi connectivity index (χ4v) is 3.36. The summed E-state index contributed by atoms with van der Waals surface area (Å²) in [7, 11) is 1.65. The maximum atomic E-state index is 11.6. The molecule has 0 saturated carbocycles. The lowest BCUT2D eigenvalue weighted by molar-refractivity contribution is -0.137. The Bertz CT molecular complexity index is 763. The van der Waals surface area contributed by atoms with Crippen LogP contribution in [0.15, 0.2) is 60.7 Å². The van der Waals surface area contributed by atoms with Crippen molar-refractivity contribution < 1.29 is 14.3 Å². The Labute approximate surface area is 154 Å². The van der Waals surface area contributed by atoms with Gasteiger partial charge in [0.1, 0.15) is 5.75 Å². The van der Waals surface area contributed by atoms with Gasteiger partial charge >= 0.3 is 0 Å². The van der Waals surface area contributed by atoms with Crippen LogP contribution in [0.25, 0.3) is 0 Å². The van der Waals surface area contributed by atoms with Crippen molar-refractivity contribution in [3.05, 3.63) is 77.4 Å². The molecule has 0 aliphatic carbocycles. The molecule has 3 rings (SSSR count). The van der Waals surface area contributed by atoms with Gasteiger partial charge in [-0.1, -0.05) is 59.0 Å². The van der Waals surface area contributed by atoms with Gasteiger partial charge < -0.3 is 4.74 Å². The number of hydrogen-bond donors (Lipinski definition) is 0. The Kier molecular flexibility index (Phi) is 4.99. The zero-order valence-corrected chi connectivity index (χ0v) is 15.3. The molecule has 0 aromatic heterocycles. The van der Waals surface area contributed by atoms with E-state index in [1.54, 1.807) is 7.11 Å². The smallest absolute Gasteiger partial charge is 0.253 e. The van der Waals surface area contributed by atoms with Crippen molar-refractivity contribution in [2.45, 2.75) is 10.5 Å². The number of ether oxygens (including phenoxy) is 1. The topological polar surface area (TPSA) is 46.6 Å². The van der Waals surface area contributed by atoms with Crippen molar-refractivity contribution >= 4 is 34.4 Å². The molecule has 2 aromatic rings. The van der Waals surface area contributed by atoms with Gasteiger partial charge in [0.2, 0.25) is 0 Å². The predicted molar refractivity (Wildman–Crippen MR) is 100.0 cm³/mol. The highest BCUT2D eigenvalue weighted by Gasteiger charge is 2.23. The average molecular weight is 433 g/mol. The SMILES string of the molecule is COc1ccc(C(I)c2ccc(CN3C(=O)C=CC3=O)cc2)cc1. The monoisotopic (exact) mass is 433 g/mol. The summed E-state index contributed by atoms with van der Waals surface area (Å²) in [6.07, 6.45) is 2.61. The molecule has 5 heteroatoms. The molecule has 1 aliphatic heterocycles. The second-order valence-corrected chi connectivity index (χ2v) is 6.72. The van der Waals surface area contributed by atoms with Crippen molar-refractivity contribution in [1.29, 1.82) is 0 Å². The first kappa shape index (κ1) is 16.7. The Morgan fingerprint density at radius 3 is 1.92 bits per heavy atom. The summed E-state index contributed by atoms with van der Waals surface area (Å²) in [4.78, 5) is 24.5. The number of carbonyl (C=O) groups is 2. The number of hydrogen-bond acceptors (Lipinski definition) is 3. The van der Waals surface area contributed by atoms with Gasteiger partial charge in [0.15, 0.2) is 0 Å². The Balaban J connectivity index is 1.71. The van der Waals surface area contributed by atoms with Crippen molar-refractivity contribution in [3.8, 4) is 5.75 Å². The van der Waals surface area contributed by atoms with Gasteiger partial charge in [0.05, 0.1) is 17.6 Å². The number of alkyl halides is 1. The Morgan fingerprint density at radius 1 is 0.917 bits per heavy atom. The summed E-state index contributed by atoms with van der Waals surface area (Å²) < 4.78 is 5.41. The quantitative estimate of drug-likeness (QED) is 0.411. The first-order valence-corrected chi connectivity index (χ1v) is 8.73. The fraction of sp³-hybridized carbons (Fsp3) is 0.158. The van der Waals surface area contributed by atoms with Crippen LogP contribution in [-0.4, -0.2) is 23.8 Å². The van der Waals surface area contributed by atoms with Gasteiger partial charge in [-0.25, -0.2) is 0 Å². The second-order valence-electron chi connectivity index (χ2n) is 5.47. The van der Waals surface area contributed by atoms with E-state index >= 15 is 0 Å². The lowest BCUT2D eigenvalue weighted by Gasteiger charge is -2.15. The van der Waals surface area contributed by atoms with Crippen LogP contribution < -0.4 is 4.74 Å². The molecule has 0 fully saturated rings. The molecule has 122 valence electrons. The lowest BCUT2D eigenvalue weighted by Crippen LogP contribution is -2.29. The first-order chi connectivity index (χ1) is 11.6. The van der Waals surface area contributed by atoms with E-state index in [0.29, 0.717) is 6.54 Å². The van der Waals surface area contributed by atoms with Crippen LogP contribution >= 0.6 is 22.6 Å². The van der Waals surface area contributed by atoms with Crippen molar-refractivity contribution in [1.82, 2.24) is 4.90 Å². The van der Waals surface area contributed by atoms with Gasteiger partial charge in [-0.2, -0.15) is 0 Å². The van der Waals surface area contributed by atoms with Crippen LogP contribution in [0, 0.1) is 0 Å². The molecule has 2 amide bonds. The van der Waals surface area contributed by atoms with Gasteiger partial charge in [0, 0.05) is 12.2 Å². The zero-order chi connectivity index (χ0) is 17.1. The van der Waals surface area contributed by atoms with E-state index in [4.69, 9.17) is 4.74 Å². The number of amides is 2. The summed E-state index contributed by atoms with van der Waals surface area (Å²) >= 11 is 2.40. The Morgan fingerprint density at radius 2 is 1.42 bits per heavy atom. The van der Waals surface area contributed by atoms with Crippen LogP contribution in [0.1, 0.15) is 20.6 Å². The third kappa shape index (κ3) is 3.51. The minimum Gasteiger partial charge on any atom is -0.497 e. The highest BCUT2D eigenvalue weighted by molar-refractivity contribution is 14.1. The highest BCUT2D eigenvalue weighted by Crippen LogP contribution is 2.32. The molecule has 0 bridgehead atoms. The standard InChI is InChI=1S/C19H16INO3/c1-24-16-8-6-15(7-9-16)19(20)14-4-2-13(3-5-14)12-21-17(22)10-11-18(21)23/h2-11,19H,12H2,1H3. The van der Waals surface area contributed by atoms with Gasteiger partial charge in [-0.15, -0.1) is 0 Å². The molecule has 1 aliphatic rings. The molecular formula is C19H16INO3. The molecular weight excluding hydrogens is 417 g/mol. The van der Waals surface area contributed by atoms with E-state index in [1.807, 2.05) is 36.4 Å². The first-order valence-electron chi connectivity index (χ1n) is 7.49. The van der Waals surface area contributed by atoms with Gasteiger partial charge in [-0.3, -0.25) is 14.5 Å². The number of halogens is 1. The second kappa shape index (κ2) is 7.17. The van der Waals surface area contributed by atoms with Crippen LogP contribution in [0.5, 0.6) is 5.75 Å². The summed E-state index contributed by atoms with van der Waals surface area (Å²) in [5, 5.41) is 0. The largest absolute Gasteiger partial charge is 0.497 e. The molecule has 1 heterocycles. The number of imide groups is 1. The normalized spacial score (nSPS) is 15.0. The third-order valence-corrected chi connectivity index (χ3v) is 5.36. The fourth-order valence-electron chi connectivity index (χ4n) is 2.53. The number of benzene rings is 2. The number of rotatable bonds is 5. The lowest BCUT2D eigenvalue weighted by atomic mass is 10.0. The molecule has 1 atom stereocenters. The summed E-state index contributed by atoms with van der Waals surface area (Å²) in [5.74, 6) is 0.328. The van der Waals surface area contributed by atoms with E-state index in [0.717, 1.165) is 11.3 Å². The van der Waals surface area contributed by atoms with Crippen LogP contribution in [0.2, 0.25) is 0 Å². The van der Waals surface area contributed by atoms with E-state index < -0.39 is 0 Å². The molecule has 1 unspecified atom stereocenters. The van der Waals surface area contributed by atoms with E-state index in [1.165, 1.54) is 28.2 Å². The summed E-state index contributed by atoms with van der Waals surface area (Å²) in [6, 6.07) is 16.0. The number of nitrogens with zero attached hydrogens (tertiary/aromatic N) is 1. The third-order valence-electron chi connectivity index (χ3n) is 3.92. The molecule has 24 heavy (non-hydrogen) atoms. The summed E-state index contributed by atoms with van der Waals surface area (Å²) in [6.45, 7) is 0.305. The molecule has 0 N–H and O–H groups in total. The molecule has 0 spiro atoms. The minimum absolute atomic E-state index is 0.222. The zero-order valence-electron chi connectivity index (χ0n) is 13.1. The summed E-state index contributed by atoms with van der Waals surface area (Å²) in [5.41, 5.74) is 3.29. The van der Waals surface area contributed by atoms with Crippen molar-refractivity contribution in [2.24, 2.45) is 0 Å². The maximum absolute atomic E-state index is 11.6. The van der Waals surface area contributed by atoms with Crippen molar-refractivity contribution in [2.75, 3.05) is 7.11 Å². The average Bonchev–Trinajstić information content (AvgIpc) is 2.94. The van der Waals surface area contributed by atoms with Crippen LogP contribution in [0.3, 0.4) is 0 Å². The molecule has 2 aromatic carbocycles. The molecule has 0 saturated heterocycles. The molecule has 4 nitrogen and oxygen atoms in total. The van der Waals surface area contributed by atoms with Gasteiger partial charge in [0.25, 0.3) is 11.8 Å². The van der Waals surface area contributed by atoms with E-state index in [9.17, 15) is 9.59 Å². The van der Waals surface area contributed by atoms with Crippen LogP contribution in [0.4, 0.5) is 0 Å². The highest BCUT2D eigenvalue weighted by atomic mass is 127. The van der Waals surface area contributed by atoms with Crippen molar-refractivity contribution in [3.63, 3.8) is 0 Å². The maximum Gasteiger partial charge on any atom is 0.253 e. The van der Waals surface area contributed by atoms with E-state index in [2.05, 4.69) is 34.7 Å². The van der Waals surface area contributed by atoms with Crippen LogP contribution in [-0.2, 0) is 16.1 Å². The Hall–Kier alpha value is -2.15. The predicted octanol–water partition coefficient (Wildman–Crippen LogP) is 3.64. The number of carbonyl (C=O) groups excluding carboxylic acids is 2.